The minimum absolute atomic E-state index is 0.0327. The second kappa shape index (κ2) is 53.2. The van der Waals surface area contributed by atoms with Gasteiger partial charge in [-0.2, -0.15) is 0 Å². The Balaban J connectivity index is 5.24. The number of hydrogen-bond acceptors (Lipinski definition) is 9. The molecule has 0 saturated heterocycles. The molecule has 72 heavy (non-hydrogen) atoms. The fraction of sp³-hybridized carbons (Fsp3) is 0.903. The molecule has 0 heterocycles. The van der Waals surface area contributed by atoms with Gasteiger partial charge in [0.05, 0.1) is 0 Å². The normalized spacial score (nSPS) is 11.7. The summed E-state index contributed by atoms with van der Waals surface area (Å²) in [5.74, 6) is -0.482. The lowest BCUT2D eigenvalue weighted by molar-refractivity contribution is -0.151. The third-order valence-electron chi connectivity index (χ3n) is 14.0. The molecule has 0 aromatic carbocycles. The van der Waals surface area contributed by atoms with Gasteiger partial charge >= 0.3 is 24.0 Å². The first kappa shape index (κ1) is 69.4. The van der Waals surface area contributed by atoms with Gasteiger partial charge in [0, 0.05) is 19.4 Å². The minimum Gasteiger partial charge on any atom is -0.462 e. The zero-order valence-electron chi connectivity index (χ0n) is 48.6. The van der Waals surface area contributed by atoms with Crippen molar-refractivity contribution in [3.63, 3.8) is 0 Å². The summed E-state index contributed by atoms with van der Waals surface area (Å²) in [5, 5.41) is 0. The smallest absolute Gasteiger partial charge is 0.410 e. The van der Waals surface area contributed by atoms with Crippen LogP contribution in [0.1, 0.15) is 304 Å². The van der Waals surface area contributed by atoms with Crippen molar-refractivity contribution in [3.8, 4) is 0 Å². The molecule has 424 valence electrons. The van der Waals surface area contributed by atoms with Crippen LogP contribution < -0.4 is 0 Å². The lowest BCUT2D eigenvalue weighted by atomic mass is 10.0. The topological polar surface area (TPSA) is 112 Å². The third kappa shape index (κ3) is 47.1. The molecule has 0 fully saturated rings. The third-order valence-corrected chi connectivity index (χ3v) is 14.0. The van der Waals surface area contributed by atoms with E-state index in [0.29, 0.717) is 19.4 Å². The van der Waals surface area contributed by atoms with Gasteiger partial charge < -0.3 is 23.8 Å². The van der Waals surface area contributed by atoms with Gasteiger partial charge in [-0.25, -0.2) is 4.79 Å². The second-order valence-electron chi connectivity index (χ2n) is 21.5. The molecule has 0 aromatic heterocycles. The van der Waals surface area contributed by atoms with Crippen LogP contribution in [0.5, 0.6) is 0 Å². The van der Waals surface area contributed by atoms with Crippen molar-refractivity contribution in [3.05, 3.63) is 12.2 Å². The average molecular weight is 1020 g/mol. The predicted molar refractivity (Wildman–Crippen MR) is 303 cm³/mol. The van der Waals surface area contributed by atoms with Gasteiger partial charge in [0.15, 0.2) is 0 Å². The molecule has 0 aliphatic heterocycles. The van der Waals surface area contributed by atoms with Crippen LogP contribution in [0.25, 0.3) is 0 Å². The van der Waals surface area contributed by atoms with E-state index in [1.165, 1.54) is 101 Å². The number of hydrogen-bond donors (Lipinski definition) is 0. The Bertz CT molecular complexity index is 1180. The molecule has 0 N–H and O–H groups in total. The fourth-order valence-electron chi connectivity index (χ4n) is 9.42. The van der Waals surface area contributed by atoms with Gasteiger partial charge in [0.2, 0.25) is 0 Å². The van der Waals surface area contributed by atoms with Crippen molar-refractivity contribution in [1.29, 1.82) is 0 Å². The second-order valence-corrected chi connectivity index (χ2v) is 21.5. The van der Waals surface area contributed by atoms with E-state index in [9.17, 15) is 19.2 Å². The van der Waals surface area contributed by atoms with Gasteiger partial charge in [-0.05, 0) is 130 Å². The highest BCUT2D eigenvalue weighted by Gasteiger charge is 2.23. The molecule has 0 spiro atoms. The number of ether oxygens (including phenoxy) is 4. The summed E-state index contributed by atoms with van der Waals surface area (Å²) < 4.78 is 23.8. The van der Waals surface area contributed by atoms with Crippen molar-refractivity contribution < 1.29 is 38.1 Å². The zero-order chi connectivity index (χ0) is 53.0. The number of nitrogens with zero attached hydrogens (tertiary/aromatic N) is 2. The molecule has 0 saturated carbocycles. The molecule has 0 unspecified atom stereocenters. The number of unbranched alkanes of at least 4 members (excludes halogenated alkanes) is 26. The highest BCUT2D eigenvalue weighted by atomic mass is 16.6. The van der Waals surface area contributed by atoms with Crippen LogP contribution in [0.3, 0.4) is 0 Å². The number of carbonyl (C=O) groups is 4. The van der Waals surface area contributed by atoms with Crippen LogP contribution in [0.15, 0.2) is 12.2 Å². The lowest BCUT2D eigenvalue weighted by Crippen LogP contribution is -2.40. The number of allylic oxidation sites excluding steroid dienone is 1. The summed E-state index contributed by atoms with van der Waals surface area (Å²) in [4.78, 5) is 56.1. The quantitative estimate of drug-likeness (QED) is 0.0254. The summed E-state index contributed by atoms with van der Waals surface area (Å²) in [5.41, 5.74) is 0. The minimum atomic E-state index is -0.436. The van der Waals surface area contributed by atoms with Gasteiger partial charge in [-0.1, -0.05) is 194 Å². The molecular formula is C62H118N2O8. The van der Waals surface area contributed by atoms with E-state index in [1.807, 2.05) is 20.2 Å². The van der Waals surface area contributed by atoms with Crippen LogP contribution in [-0.2, 0) is 33.3 Å². The van der Waals surface area contributed by atoms with Crippen LogP contribution in [-0.4, -0.2) is 92.4 Å². The molecule has 0 aliphatic rings. The van der Waals surface area contributed by atoms with Crippen molar-refractivity contribution >= 4 is 24.0 Å². The van der Waals surface area contributed by atoms with Crippen LogP contribution in [0.4, 0.5) is 4.79 Å². The Morgan fingerprint density at radius 2 is 0.722 bits per heavy atom. The highest BCUT2D eigenvalue weighted by molar-refractivity contribution is 5.78. The summed E-state index contributed by atoms with van der Waals surface area (Å²) in [7, 11) is 4.02. The van der Waals surface area contributed by atoms with Crippen molar-refractivity contribution in [2.75, 3.05) is 40.3 Å². The Kier molecular flexibility index (Phi) is 51.3. The number of amides is 1. The van der Waals surface area contributed by atoms with E-state index in [2.05, 4.69) is 45.6 Å². The maximum atomic E-state index is 13.8. The van der Waals surface area contributed by atoms with E-state index >= 15 is 0 Å². The zero-order valence-corrected chi connectivity index (χ0v) is 48.6. The summed E-state index contributed by atoms with van der Waals surface area (Å²) in [6.45, 7) is 12.4. The molecule has 10 nitrogen and oxygen atoms in total. The molecule has 0 rings (SSSR count). The molecule has 1 amide bonds. The molecule has 0 radical (unpaired) electrons. The van der Waals surface area contributed by atoms with E-state index in [4.69, 9.17) is 18.9 Å². The first-order valence-corrected chi connectivity index (χ1v) is 30.9. The first-order valence-electron chi connectivity index (χ1n) is 30.9. The Morgan fingerprint density at radius 1 is 0.375 bits per heavy atom. The largest absolute Gasteiger partial charge is 0.462 e. The number of rotatable bonds is 54. The maximum Gasteiger partial charge on any atom is 0.410 e. The number of carbonyl (C=O) groups excluding carboxylic acids is 4. The first-order chi connectivity index (χ1) is 35.1. The van der Waals surface area contributed by atoms with E-state index in [-0.39, 0.29) is 43.4 Å². The van der Waals surface area contributed by atoms with Crippen molar-refractivity contribution in [2.45, 2.75) is 323 Å². The Morgan fingerprint density at radius 3 is 1.11 bits per heavy atom. The molecule has 0 aromatic rings. The Labute approximate surface area is 445 Å². The van der Waals surface area contributed by atoms with Crippen LogP contribution in [0, 0.1) is 0 Å². The monoisotopic (exact) mass is 1020 g/mol. The van der Waals surface area contributed by atoms with Crippen molar-refractivity contribution in [2.24, 2.45) is 0 Å². The fourth-order valence-corrected chi connectivity index (χ4v) is 9.42. The van der Waals surface area contributed by atoms with Crippen LogP contribution >= 0.6 is 0 Å². The molecule has 0 atom stereocenters. The molecule has 0 aliphatic carbocycles. The average Bonchev–Trinajstić information content (AvgIpc) is 3.35. The molecular weight excluding hydrogens is 901 g/mol. The van der Waals surface area contributed by atoms with Gasteiger partial charge in [0.25, 0.3) is 0 Å². The van der Waals surface area contributed by atoms with Crippen LogP contribution in [0.2, 0.25) is 0 Å². The summed E-state index contributed by atoms with van der Waals surface area (Å²) in [6.07, 6.45) is 47.8. The maximum absolute atomic E-state index is 13.8. The number of esters is 3. The lowest BCUT2D eigenvalue weighted by Gasteiger charge is -2.26. The standard InChI is InChI=1S/C62H118N2O8/c1-8-13-18-23-28-33-42-54-69-61(67)55-64(53-43-52-63(6)7)62(68)72-58(48-38-29-24-26-31-40-50-59(65)70-56(44-34-19-14-9-2)45-35-20-15-10-3)49-39-30-25-27-32-41-51-60(66)71-57(46-36-21-16-11-4)47-37-22-17-12-5/h33,42,56-58H,8-32,34-41,43-55H2,1-7H3/b42-33-. The highest BCUT2D eigenvalue weighted by Crippen LogP contribution is 2.22. The molecule has 10 heteroatoms. The van der Waals surface area contributed by atoms with Gasteiger partial charge in [-0.3, -0.25) is 19.3 Å². The van der Waals surface area contributed by atoms with Gasteiger partial charge in [0.1, 0.15) is 31.5 Å². The SMILES string of the molecule is CCCCCC/C=C\COC(=O)CN(CCCN(C)C)C(=O)OC(CCCCCCCCC(=O)OC(CCCCCC)CCCCCC)CCCCCCCCC(=O)OC(CCCCCC)CCCCCC. The predicted octanol–water partition coefficient (Wildman–Crippen LogP) is 17.8. The summed E-state index contributed by atoms with van der Waals surface area (Å²) >= 11 is 0. The van der Waals surface area contributed by atoms with Gasteiger partial charge in [-0.15, -0.1) is 0 Å². The van der Waals surface area contributed by atoms with E-state index in [1.54, 1.807) is 0 Å². The van der Waals surface area contributed by atoms with E-state index in [0.717, 1.165) is 167 Å². The van der Waals surface area contributed by atoms with E-state index < -0.39 is 12.1 Å². The van der Waals surface area contributed by atoms with Crippen molar-refractivity contribution in [1.82, 2.24) is 9.80 Å². The summed E-state index contributed by atoms with van der Waals surface area (Å²) in [6, 6.07) is 0. The Hall–Kier alpha value is -2.62. The molecule has 0 bridgehead atoms.